The zero-order valence-electron chi connectivity index (χ0n) is 9.48. The molecule has 2 aromatic carbocycles. The zero-order valence-corrected chi connectivity index (χ0v) is 9.48. The zero-order chi connectivity index (χ0) is 12.5. The Bertz CT molecular complexity index is 598. The molecule has 18 heavy (non-hydrogen) atoms. The number of fused-ring (bicyclic) bond motifs is 1. The summed E-state index contributed by atoms with van der Waals surface area (Å²) in [7, 11) is 0. The lowest BCUT2D eigenvalue weighted by atomic mass is 10.0. The molecule has 0 fully saturated rings. The number of anilines is 2. The molecular formula is C14H11FN2O. The average Bonchev–Trinajstić information content (AvgIpc) is 2.39. The minimum Gasteiger partial charge on any atom is -0.368 e. The smallest absolute Gasteiger partial charge is 0.251 e. The Morgan fingerprint density at radius 1 is 1.00 bits per heavy atom. The van der Waals surface area contributed by atoms with E-state index in [9.17, 15) is 9.18 Å². The topological polar surface area (TPSA) is 41.1 Å². The Labute approximate surface area is 104 Å². The molecular weight excluding hydrogens is 231 g/mol. The van der Waals surface area contributed by atoms with Gasteiger partial charge in [0.1, 0.15) is 11.9 Å². The molecule has 2 aromatic rings. The van der Waals surface area contributed by atoms with Gasteiger partial charge in [-0.1, -0.05) is 30.3 Å². The number of hydrogen-bond acceptors (Lipinski definition) is 2. The molecule has 1 amide bonds. The fraction of sp³-hybridized carbons (Fsp3) is 0.0714. The lowest BCUT2D eigenvalue weighted by Crippen LogP contribution is -2.31. The van der Waals surface area contributed by atoms with E-state index in [-0.39, 0.29) is 11.7 Å². The van der Waals surface area contributed by atoms with Crippen molar-refractivity contribution in [3.05, 3.63) is 59.9 Å². The second kappa shape index (κ2) is 4.14. The molecule has 1 aliphatic heterocycles. The van der Waals surface area contributed by atoms with Gasteiger partial charge in [-0.25, -0.2) is 4.39 Å². The summed E-state index contributed by atoms with van der Waals surface area (Å²) in [6.07, 6.45) is 0. The van der Waals surface area contributed by atoms with Gasteiger partial charge in [0.25, 0.3) is 5.91 Å². The monoisotopic (exact) mass is 242 g/mol. The Hall–Kier alpha value is -2.36. The minimum absolute atomic E-state index is 0.139. The van der Waals surface area contributed by atoms with E-state index in [1.165, 1.54) is 12.1 Å². The highest BCUT2D eigenvalue weighted by molar-refractivity contribution is 6.03. The van der Waals surface area contributed by atoms with Gasteiger partial charge in [-0.15, -0.1) is 0 Å². The van der Waals surface area contributed by atoms with Crippen LogP contribution in [0.4, 0.5) is 15.8 Å². The second-order valence-electron chi connectivity index (χ2n) is 4.17. The fourth-order valence-corrected chi connectivity index (χ4v) is 2.05. The van der Waals surface area contributed by atoms with Gasteiger partial charge in [-0.2, -0.15) is 0 Å². The third-order valence-corrected chi connectivity index (χ3v) is 2.93. The van der Waals surface area contributed by atoms with Crippen molar-refractivity contribution in [2.45, 2.75) is 6.04 Å². The van der Waals surface area contributed by atoms with Gasteiger partial charge in [-0.3, -0.25) is 4.79 Å². The third kappa shape index (κ3) is 1.82. The summed E-state index contributed by atoms with van der Waals surface area (Å²) < 4.78 is 13.2. The Kier molecular flexibility index (Phi) is 2.48. The van der Waals surface area contributed by atoms with E-state index in [2.05, 4.69) is 10.6 Å². The number of hydrogen-bond donors (Lipinski definition) is 2. The van der Waals surface area contributed by atoms with E-state index < -0.39 is 6.04 Å². The van der Waals surface area contributed by atoms with Crippen LogP contribution in [-0.2, 0) is 4.79 Å². The lowest BCUT2D eigenvalue weighted by Gasteiger charge is -2.27. The predicted octanol–water partition coefficient (Wildman–Crippen LogP) is 2.93. The van der Waals surface area contributed by atoms with Crippen LogP contribution in [-0.4, -0.2) is 5.91 Å². The molecule has 90 valence electrons. The third-order valence-electron chi connectivity index (χ3n) is 2.93. The van der Waals surface area contributed by atoms with Crippen LogP contribution in [0.3, 0.4) is 0 Å². The maximum absolute atomic E-state index is 13.2. The van der Waals surface area contributed by atoms with E-state index in [0.29, 0.717) is 11.4 Å². The summed E-state index contributed by atoms with van der Waals surface area (Å²) in [4.78, 5) is 12.0. The van der Waals surface area contributed by atoms with E-state index >= 15 is 0 Å². The standard InChI is InChI=1S/C14H11FN2O/c15-10-6-7-11-12(8-10)16-13(14(18)17-11)9-4-2-1-3-5-9/h1-8,13,16H,(H,17,18). The summed E-state index contributed by atoms with van der Waals surface area (Å²) >= 11 is 0. The quantitative estimate of drug-likeness (QED) is 0.807. The van der Waals surface area contributed by atoms with E-state index in [1.54, 1.807) is 6.07 Å². The van der Waals surface area contributed by atoms with Gasteiger partial charge in [0, 0.05) is 0 Å². The molecule has 3 nitrogen and oxygen atoms in total. The number of amides is 1. The van der Waals surface area contributed by atoms with Crippen molar-refractivity contribution in [3.63, 3.8) is 0 Å². The van der Waals surface area contributed by atoms with Gasteiger partial charge in [0.2, 0.25) is 0 Å². The first kappa shape index (κ1) is 10.8. The van der Waals surface area contributed by atoms with Crippen LogP contribution < -0.4 is 10.6 Å². The molecule has 0 aromatic heterocycles. The van der Waals surface area contributed by atoms with Crippen LogP contribution >= 0.6 is 0 Å². The highest BCUT2D eigenvalue weighted by Crippen LogP contribution is 2.32. The number of carbonyl (C=O) groups excluding carboxylic acids is 1. The van der Waals surface area contributed by atoms with E-state index in [1.807, 2.05) is 30.3 Å². The van der Waals surface area contributed by atoms with Crippen molar-refractivity contribution in [2.24, 2.45) is 0 Å². The van der Waals surface area contributed by atoms with Crippen molar-refractivity contribution in [1.82, 2.24) is 0 Å². The normalized spacial score (nSPS) is 17.6. The van der Waals surface area contributed by atoms with Gasteiger partial charge in [0.15, 0.2) is 0 Å². The van der Waals surface area contributed by atoms with Crippen molar-refractivity contribution >= 4 is 17.3 Å². The SMILES string of the molecule is O=C1Nc2ccc(F)cc2NC1c1ccccc1. The van der Waals surface area contributed by atoms with Crippen LogP contribution in [0.15, 0.2) is 48.5 Å². The largest absolute Gasteiger partial charge is 0.368 e. The van der Waals surface area contributed by atoms with Crippen molar-refractivity contribution < 1.29 is 9.18 Å². The van der Waals surface area contributed by atoms with Crippen LogP contribution in [0.2, 0.25) is 0 Å². The fourth-order valence-electron chi connectivity index (χ4n) is 2.05. The predicted molar refractivity (Wildman–Crippen MR) is 67.8 cm³/mol. The number of benzene rings is 2. The molecule has 0 spiro atoms. The number of rotatable bonds is 1. The van der Waals surface area contributed by atoms with Crippen LogP contribution in [0.5, 0.6) is 0 Å². The first-order chi connectivity index (χ1) is 8.74. The lowest BCUT2D eigenvalue weighted by molar-refractivity contribution is -0.117. The summed E-state index contributed by atoms with van der Waals surface area (Å²) in [6.45, 7) is 0. The Morgan fingerprint density at radius 3 is 2.56 bits per heavy atom. The molecule has 0 saturated heterocycles. The highest BCUT2D eigenvalue weighted by atomic mass is 19.1. The van der Waals surface area contributed by atoms with Crippen molar-refractivity contribution in [1.29, 1.82) is 0 Å². The molecule has 2 N–H and O–H groups in total. The molecule has 0 saturated carbocycles. The second-order valence-corrected chi connectivity index (χ2v) is 4.17. The number of halogens is 1. The highest BCUT2D eigenvalue weighted by Gasteiger charge is 2.26. The molecule has 1 aliphatic rings. The van der Waals surface area contributed by atoms with Crippen LogP contribution in [0, 0.1) is 5.82 Å². The summed E-state index contributed by atoms with van der Waals surface area (Å²) in [5, 5.41) is 5.82. The first-order valence-electron chi connectivity index (χ1n) is 5.66. The Balaban J connectivity index is 1.99. The van der Waals surface area contributed by atoms with E-state index in [0.717, 1.165) is 5.56 Å². The molecule has 1 heterocycles. The number of nitrogens with one attached hydrogen (secondary N) is 2. The van der Waals surface area contributed by atoms with E-state index in [4.69, 9.17) is 0 Å². The molecule has 0 aliphatic carbocycles. The van der Waals surface area contributed by atoms with Crippen LogP contribution in [0.25, 0.3) is 0 Å². The maximum atomic E-state index is 13.2. The minimum atomic E-state index is -0.486. The molecule has 0 radical (unpaired) electrons. The molecule has 1 unspecified atom stereocenters. The summed E-state index contributed by atoms with van der Waals surface area (Å²) in [5.74, 6) is -0.468. The van der Waals surface area contributed by atoms with Crippen LogP contribution in [0.1, 0.15) is 11.6 Å². The number of carbonyl (C=O) groups is 1. The maximum Gasteiger partial charge on any atom is 0.251 e. The van der Waals surface area contributed by atoms with Gasteiger partial charge < -0.3 is 10.6 Å². The summed E-state index contributed by atoms with van der Waals surface area (Å²) in [5.41, 5.74) is 2.06. The van der Waals surface area contributed by atoms with Crippen molar-refractivity contribution in [2.75, 3.05) is 10.6 Å². The van der Waals surface area contributed by atoms with Gasteiger partial charge in [0.05, 0.1) is 11.4 Å². The molecule has 0 bridgehead atoms. The first-order valence-corrected chi connectivity index (χ1v) is 5.66. The summed E-state index contributed by atoms with van der Waals surface area (Å²) in [6, 6.07) is 13.1. The average molecular weight is 242 g/mol. The van der Waals surface area contributed by atoms with Gasteiger partial charge >= 0.3 is 0 Å². The van der Waals surface area contributed by atoms with Gasteiger partial charge in [-0.05, 0) is 23.8 Å². The molecule has 1 atom stereocenters. The Morgan fingerprint density at radius 2 is 1.78 bits per heavy atom. The molecule has 3 rings (SSSR count). The molecule has 4 heteroatoms. The van der Waals surface area contributed by atoms with Crippen molar-refractivity contribution in [3.8, 4) is 0 Å².